The molecule has 1 amide bonds. The molecule has 0 saturated carbocycles. The summed E-state index contributed by atoms with van der Waals surface area (Å²) in [5.74, 6) is 0.0926. The van der Waals surface area contributed by atoms with Gasteiger partial charge in [-0.05, 0) is 0 Å². The smallest absolute Gasteiger partial charge is 0.349 e. The monoisotopic (exact) mass is 233 g/mol. The van der Waals surface area contributed by atoms with Gasteiger partial charge in [-0.15, -0.1) is 0 Å². The Morgan fingerprint density at radius 1 is 1.12 bits per heavy atom. The standard InChI is InChI=1S/C7H5F3.C4H9NO/c8-7(9,10)6-4-2-1-3-5-6;1-4(6)5(2)3/h1-5H;1-3H3. The summed E-state index contributed by atoms with van der Waals surface area (Å²) in [7, 11) is 3.45. The first-order valence-electron chi connectivity index (χ1n) is 4.55. The van der Waals surface area contributed by atoms with E-state index in [-0.39, 0.29) is 5.91 Å². The molecular weight excluding hydrogens is 219 g/mol. The zero-order chi connectivity index (χ0) is 12.8. The minimum absolute atomic E-state index is 0.0926. The van der Waals surface area contributed by atoms with E-state index < -0.39 is 11.7 Å². The Bertz CT molecular complexity index is 320. The molecule has 1 rings (SSSR count). The molecule has 0 atom stereocenters. The third-order valence-electron chi connectivity index (χ3n) is 1.73. The van der Waals surface area contributed by atoms with Crippen LogP contribution in [0.1, 0.15) is 12.5 Å². The van der Waals surface area contributed by atoms with Gasteiger partial charge < -0.3 is 4.90 Å². The van der Waals surface area contributed by atoms with Crippen LogP contribution < -0.4 is 0 Å². The van der Waals surface area contributed by atoms with Gasteiger partial charge >= 0.3 is 6.18 Å². The Morgan fingerprint density at radius 2 is 1.50 bits per heavy atom. The van der Waals surface area contributed by atoms with Crippen molar-refractivity contribution in [3.05, 3.63) is 35.9 Å². The molecule has 0 fully saturated rings. The van der Waals surface area contributed by atoms with Gasteiger partial charge in [0.05, 0.1) is 5.56 Å². The largest absolute Gasteiger partial charge is 0.416 e. The summed E-state index contributed by atoms with van der Waals surface area (Å²) in [6.07, 6.45) is -4.21. The molecule has 16 heavy (non-hydrogen) atoms. The third kappa shape index (κ3) is 6.06. The Morgan fingerprint density at radius 3 is 1.69 bits per heavy atom. The summed E-state index contributed by atoms with van der Waals surface area (Å²) >= 11 is 0. The number of benzene rings is 1. The summed E-state index contributed by atoms with van der Waals surface area (Å²) in [5, 5.41) is 0. The number of alkyl halides is 3. The maximum atomic E-state index is 11.8. The van der Waals surface area contributed by atoms with E-state index in [4.69, 9.17) is 0 Å². The third-order valence-corrected chi connectivity index (χ3v) is 1.73. The average Bonchev–Trinajstić information content (AvgIpc) is 2.18. The van der Waals surface area contributed by atoms with E-state index in [9.17, 15) is 18.0 Å². The molecule has 0 bridgehead atoms. The van der Waals surface area contributed by atoms with Gasteiger partial charge in [-0.2, -0.15) is 13.2 Å². The van der Waals surface area contributed by atoms with Crippen molar-refractivity contribution in [2.45, 2.75) is 13.1 Å². The molecule has 0 N–H and O–H groups in total. The van der Waals surface area contributed by atoms with Gasteiger partial charge in [0, 0.05) is 21.0 Å². The maximum Gasteiger partial charge on any atom is 0.416 e. The molecule has 1 aromatic rings. The van der Waals surface area contributed by atoms with Gasteiger partial charge in [0.1, 0.15) is 0 Å². The maximum absolute atomic E-state index is 11.8. The Balaban J connectivity index is 0.000000325. The van der Waals surface area contributed by atoms with E-state index in [1.807, 2.05) is 0 Å². The van der Waals surface area contributed by atoms with Gasteiger partial charge in [0.15, 0.2) is 0 Å². The Labute approximate surface area is 92.7 Å². The van der Waals surface area contributed by atoms with E-state index in [1.165, 1.54) is 24.0 Å². The van der Waals surface area contributed by atoms with E-state index >= 15 is 0 Å². The molecule has 2 nitrogen and oxygen atoms in total. The van der Waals surface area contributed by atoms with Gasteiger partial charge in [0.25, 0.3) is 0 Å². The van der Waals surface area contributed by atoms with Crippen LogP contribution in [0.5, 0.6) is 0 Å². The summed E-state index contributed by atoms with van der Waals surface area (Å²) in [6, 6.07) is 6.36. The van der Waals surface area contributed by atoms with Crippen molar-refractivity contribution < 1.29 is 18.0 Å². The average molecular weight is 233 g/mol. The molecular formula is C11H14F3NO. The second-order valence-corrected chi connectivity index (χ2v) is 3.28. The van der Waals surface area contributed by atoms with Crippen molar-refractivity contribution in [2.24, 2.45) is 0 Å². The van der Waals surface area contributed by atoms with Gasteiger partial charge in [-0.1, -0.05) is 30.3 Å². The molecule has 0 unspecified atom stereocenters. The van der Waals surface area contributed by atoms with Crippen molar-refractivity contribution in [1.29, 1.82) is 0 Å². The number of hydrogen-bond acceptors (Lipinski definition) is 1. The summed E-state index contributed by atoms with van der Waals surface area (Å²) in [4.78, 5) is 11.6. The molecule has 0 heterocycles. The highest BCUT2D eigenvalue weighted by Gasteiger charge is 2.29. The van der Waals surface area contributed by atoms with Crippen molar-refractivity contribution in [1.82, 2.24) is 4.90 Å². The number of rotatable bonds is 0. The van der Waals surface area contributed by atoms with E-state index in [2.05, 4.69) is 0 Å². The zero-order valence-electron chi connectivity index (χ0n) is 9.38. The normalized spacial score (nSPS) is 10.1. The first-order chi connectivity index (χ1) is 7.25. The van der Waals surface area contributed by atoms with Crippen LogP contribution in [0.25, 0.3) is 0 Å². The lowest BCUT2D eigenvalue weighted by Gasteiger charge is -2.03. The molecule has 0 aliphatic carbocycles. The van der Waals surface area contributed by atoms with E-state index in [1.54, 1.807) is 20.2 Å². The number of carbonyl (C=O) groups excluding carboxylic acids is 1. The van der Waals surface area contributed by atoms with Crippen LogP contribution in [-0.2, 0) is 11.0 Å². The molecule has 0 aromatic heterocycles. The lowest BCUT2D eigenvalue weighted by atomic mass is 10.2. The highest BCUT2D eigenvalue weighted by atomic mass is 19.4. The number of amides is 1. The molecule has 5 heteroatoms. The predicted molar refractivity (Wildman–Crippen MR) is 55.8 cm³/mol. The van der Waals surface area contributed by atoms with Gasteiger partial charge in [-0.25, -0.2) is 0 Å². The second kappa shape index (κ2) is 6.15. The molecule has 0 radical (unpaired) electrons. The Kier molecular flexibility index (Phi) is 5.56. The highest BCUT2D eigenvalue weighted by Crippen LogP contribution is 2.28. The fourth-order valence-corrected chi connectivity index (χ4v) is 0.627. The van der Waals surface area contributed by atoms with Crippen molar-refractivity contribution >= 4 is 5.91 Å². The fourth-order valence-electron chi connectivity index (χ4n) is 0.627. The minimum Gasteiger partial charge on any atom is -0.349 e. The predicted octanol–water partition coefficient (Wildman–Crippen LogP) is 2.80. The molecule has 0 spiro atoms. The summed E-state index contributed by atoms with van der Waals surface area (Å²) < 4.78 is 35.4. The quantitative estimate of drug-likeness (QED) is 0.674. The topological polar surface area (TPSA) is 20.3 Å². The van der Waals surface area contributed by atoms with Crippen LogP contribution in [0.3, 0.4) is 0 Å². The van der Waals surface area contributed by atoms with Crippen LogP contribution in [0.2, 0.25) is 0 Å². The van der Waals surface area contributed by atoms with Crippen molar-refractivity contribution in [2.75, 3.05) is 14.1 Å². The van der Waals surface area contributed by atoms with Crippen molar-refractivity contribution in [3.8, 4) is 0 Å². The van der Waals surface area contributed by atoms with Crippen LogP contribution in [0.4, 0.5) is 13.2 Å². The Hall–Kier alpha value is -1.52. The first-order valence-corrected chi connectivity index (χ1v) is 4.55. The lowest BCUT2D eigenvalue weighted by molar-refractivity contribution is -0.137. The number of carbonyl (C=O) groups is 1. The molecule has 1 aromatic carbocycles. The molecule has 90 valence electrons. The SMILES string of the molecule is CC(=O)N(C)C.FC(F)(F)c1ccccc1. The molecule has 0 aliphatic rings. The fraction of sp³-hybridized carbons (Fsp3) is 0.364. The van der Waals surface area contributed by atoms with E-state index in [0.29, 0.717) is 0 Å². The zero-order valence-corrected chi connectivity index (χ0v) is 9.38. The minimum atomic E-state index is -4.21. The van der Waals surface area contributed by atoms with Crippen LogP contribution in [0.15, 0.2) is 30.3 Å². The number of hydrogen-bond donors (Lipinski definition) is 0. The summed E-state index contributed by atoms with van der Waals surface area (Å²) in [6.45, 7) is 1.53. The van der Waals surface area contributed by atoms with E-state index in [0.717, 1.165) is 12.1 Å². The summed E-state index contributed by atoms with van der Waals surface area (Å²) in [5.41, 5.74) is -0.602. The molecule has 0 aliphatic heterocycles. The highest BCUT2D eigenvalue weighted by molar-refractivity contribution is 5.72. The van der Waals surface area contributed by atoms with Gasteiger partial charge in [0.2, 0.25) is 5.91 Å². The molecule has 0 saturated heterocycles. The number of nitrogens with zero attached hydrogens (tertiary/aromatic N) is 1. The van der Waals surface area contributed by atoms with Gasteiger partial charge in [-0.3, -0.25) is 4.79 Å². The van der Waals surface area contributed by atoms with Crippen LogP contribution in [-0.4, -0.2) is 24.9 Å². The number of halogens is 3. The van der Waals surface area contributed by atoms with Crippen LogP contribution >= 0.6 is 0 Å². The first kappa shape index (κ1) is 14.5. The second-order valence-electron chi connectivity index (χ2n) is 3.28. The van der Waals surface area contributed by atoms with Crippen molar-refractivity contribution in [3.63, 3.8) is 0 Å². The van der Waals surface area contributed by atoms with Crippen LogP contribution in [0, 0.1) is 0 Å². The lowest BCUT2D eigenvalue weighted by Crippen LogP contribution is -2.17.